The van der Waals surface area contributed by atoms with Crippen molar-refractivity contribution >= 4 is 34.3 Å². The summed E-state index contributed by atoms with van der Waals surface area (Å²) in [6, 6.07) is 12.9. The van der Waals surface area contributed by atoms with E-state index in [1.165, 1.54) is 28.5 Å². The number of aromatic nitrogens is 2. The molecule has 29 heavy (non-hydrogen) atoms. The molecule has 1 heterocycles. The maximum atomic E-state index is 13.2. The van der Waals surface area contributed by atoms with Gasteiger partial charge < -0.3 is 9.64 Å². The van der Waals surface area contributed by atoms with Crippen molar-refractivity contribution in [1.29, 1.82) is 0 Å². The Kier molecular flexibility index (Phi) is 7.00. The van der Waals surface area contributed by atoms with Crippen LogP contribution < -0.4 is 10.5 Å². The van der Waals surface area contributed by atoms with Crippen molar-refractivity contribution in [2.75, 3.05) is 30.9 Å². The number of carbonyl (C=O) groups is 1. The number of fused-ring (bicyclic) bond motifs is 1. The predicted octanol–water partition coefficient (Wildman–Crippen LogP) is 3.33. The molecule has 0 N–H and O–H groups in total. The third kappa shape index (κ3) is 4.83. The highest BCUT2D eigenvalue weighted by Crippen LogP contribution is 2.21. The van der Waals surface area contributed by atoms with Crippen molar-refractivity contribution in [3.63, 3.8) is 0 Å². The first-order valence-corrected chi connectivity index (χ1v) is 10.2. The van der Waals surface area contributed by atoms with Gasteiger partial charge in [0.05, 0.1) is 29.8 Å². The van der Waals surface area contributed by atoms with E-state index in [-0.39, 0.29) is 23.0 Å². The lowest BCUT2D eigenvalue weighted by atomic mass is 10.2. The lowest BCUT2D eigenvalue weighted by molar-refractivity contribution is -0.116. The van der Waals surface area contributed by atoms with Gasteiger partial charge in [0.15, 0.2) is 5.16 Å². The number of carbonyl (C=O) groups excluding carboxylic acids is 1. The maximum Gasteiger partial charge on any atom is 0.262 e. The van der Waals surface area contributed by atoms with Gasteiger partial charge in [-0.05, 0) is 43.3 Å². The average molecular weight is 415 g/mol. The van der Waals surface area contributed by atoms with Crippen LogP contribution in [0, 0.1) is 5.82 Å². The first-order valence-electron chi connectivity index (χ1n) is 9.22. The molecule has 0 saturated heterocycles. The molecule has 0 unspecified atom stereocenters. The van der Waals surface area contributed by atoms with E-state index in [4.69, 9.17) is 4.74 Å². The summed E-state index contributed by atoms with van der Waals surface area (Å²) >= 11 is 1.21. The number of para-hydroxylation sites is 1. The zero-order chi connectivity index (χ0) is 20.8. The van der Waals surface area contributed by atoms with Crippen LogP contribution in [0.25, 0.3) is 10.9 Å². The van der Waals surface area contributed by atoms with Crippen molar-refractivity contribution in [1.82, 2.24) is 9.55 Å². The Morgan fingerprint density at radius 1 is 1.21 bits per heavy atom. The van der Waals surface area contributed by atoms with E-state index in [0.29, 0.717) is 41.4 Å². The van der Waals surface area contributed by atoms with E-state index in [1.54, 1.807) is 42.3 Å². The van der Waals surface area contributed by atoms with Gasteiger partial charge in [-0.15, -0.1) is 0 Å². The summed E-state index contributed by atoms with van der Waals surface area (Å²) in [5.41, 5.74) is 1.06. The smallest absolute Gasteiger partial charge is 0.262 e. The van der Waals surface area contributed by atoms with Crippen molar-refractivity contribution in [3.8, 4) is 0 Å². The number of hydrogen-bond donors (Lipinski definition) is 0. The lowest BCUT2D eigenvalue weighted by Gasteiger charge is -2.21. The van der Waals surface area contributed by atoms with Crippen molar-refractivity contribution < 1.29 is 13.9 Å². The normalized spacial score (nSPS) is 11.0. The molecule has 3 aromatic rings. The molecule has 2 aromatic carbocycles. The third-order valence-corrected chi connectivity index (χ3v) is 5.39. The van der Waals surface area contributed by atoms with Gasteiger partial charge in [-0.3, -0.25) is 14.2 Å². The van der Waals surface area contributed by atoms with E-state index in [1.807, 2.05) is 13.0 Å². The SMILES string of the molecule is CCN(C(=O)CSc1nc2ccccc2c(=O)n1CCOC)c1ccc(F)cc1. The molecule has 0 aliphatic heterocycles. The molecule has 0 spiro atoms. The van der Waals surface area contributed by atoms with Gasteiger partial charge in [0.25, 0.3) is 5.56 Å². The number of benzene rings is 2. The fourth-order valence-corrected chi connectivity index (χ4v) is 3.87. The number of halogens is 1. The Bertz CT molecular complexity index is 1050. The summed E-state index contributed by atoms with van der Waals surface area (Å²) < 4.78 is 19.8. The first kappa shape index (κ1) is 21.0. The molecule has 8 heteroatoms. The number of rotatable bonds is 8. The molecule has 0 bridgehead atoms. The van der Waals surface area contributed by atoms with Gasteiger partial charge in [-0.2, -0.15) is 0 Å². The number of ether oxygens (including phenoxy) is 1. The molecule has 3 rings (SSSR count). The van der Waals surface area contributed by atoms with E-state index in [9.17, 15) is 14.0 Å². The van der Waals surface area contributed by atoms with Crippen LogP contribution in [0.4, 0.5) is 10.1 Å². The standard InChI is InChI=1S/C21H22FN3O3S/c1-3-24(16-10-8-15(22)9-11-16)19(26)14-29-21-23-18-7-5-4-6-17(18)20(27)25(21)12-13-28-2/h4-11H,3,12-14H2,1-2H3. The summed E-state index contributed by atoms with van der Waals surface area (Å²) in [5, 5.41) is 0.995. The van der Waals surface area contributed by atoms with E-state index in [0.717, 1.165) is 0 Å². The average Bonchev–Trinajstić information content (AvgIpc) is 2.73. The van der Waals surface area contributed by atoms with Crippen LogP contribution in [0.5, 0.6) is 0 Å². The van der Waals surface area contributed by atoms with Gasteiger partial charge in [-0.25, -0.2) is 9.37 Å². The van der Waals surface area contributed by atoms with Crippen molar-refractivity contribution in [2.45, 2.75) is 18.6 Å². The van der Waals surface area contributed by atoms with Crippen LogP contribution >= 0.6 is 11.8 Å². The Hall–Kier alpha value is -2.71. The molecule has 0 saturated carbocycles. The summed E-state index contributed by atoms with van der Waals surface area (Å²) in [6.45, 7) is 3.01. The highest BCUT2D eigenvalue weighted by Gasteiger charge is 2.17. The number of thioether (sulfide) groups is 1. The Labute approximate surface area is 172 Å². The molecule has 0 aliphatic carbocycles. The van der Waals surface area contributed by atoms with Crippen LogP contribution in [-0.4, -0.2) is 41.5 Å². The number of nitrogens with zero attached hydrogens (tertiary/aromatic N) is 3. The van der Waals surface area contributed by atoms with Gasteiger partial charge in [0.1, 0.15) is 5.82 Å². The van der Waals surface area contributed by atoms with Crippen LogP contribution in [-0.2, 0) is 16.1 Å². The molecule has 1 aromatic heterocycles. The highest BCUT2D eigenvalue weighted by atomic mass is 32.2. The zero-order valence-corrected chi connectivity index (χ0v) is 17.1. The minimum atomic E-state index is -0.353. The number of anilines is 1. The summed E-state index contributed by atoms with van der Waals surface area (Å²) in [7, 11) is 1.57. The van der Waals surface area contributed by atoms with E-state index >= 15 is 0 Å². The fourth-order valence-electron chi connectivity index (χ4n) is 2.97. The van der Waals surface area contributed by atoms with Gasteiger partial charge >= 0.3 is 0 Å². The number of amides is 1. The fraction of sp³-hybridized carbons (Fsp3) is 0.286. The molecular formula is C21H22FN3O3S. The second kappa shape index (κ2) is 9.67. The number of hydrogen-bond acceptors (Lipinski definition) is 5. The van der Waals surface area contributed by atoms with Crippen molar-refractivity contribution in [2.24, 2.45) is 0 Å². The van der Waals surface area contributed by atoms with E-state index < -0.39 is 0 Å². The van der Waals surface area contributed by atoms with Gasteiger partial charge in [0, 0.05) is 19.3 Å². The van der Waals surface area contributed by atoms with Crippen LogP contribution in [0.2, 0.25) is 0 Å². The van der Waals surface area contributed by atoms with Gasteiger partial charge in [0.2, 0.25) is 5.91 Å². The zero-order valence-electron chi connectivity index (χ0n) is 16.3. The largest absolute Gasteiger partial charge is 0.383 e. The molecule has 6 nitrogen and oxygen atoms in total. The molecular weight excluding hydrogens is 393 g/mol. The number of methoxy groups -OCH3 is 1. The quantitative estimate of drug-likeness (QED) is 0.417. The minimum Gasteiger partial charge on any atom is -0.383 e. The summed E-state index contributed by atoms with van der Waals surface area (Å²) in [4.78, 5) is 31.8. The van der Waals surface area contributed by atoms with Crippen LogP contribution in [0.1, 0.15) is 6.92 Å². The predicted molar refractivity (Wildman–Crippen MR) is 113 cm³/mol. The molecule has 152 valence electrons. The maximum absolute atomic E-state index is 13.2. The second-order valence-electron chi connectivity index (χ2n) is 6.26. The van der Waals surface area contributed by atoms with Crippen LogP contribution in [0.3, 0.4) is 0 Å². The third-order valence-electron chi connectivity index (χ3n) is 4.43. The van der Waals surface area contributed by atoms with Crippen LogP contribution in [0.15, 0.2) is 58.5 Å². The first-order chi connectivity index (χ1) is 14.0. The molecule has 1 amide bonds. The lowest BCUT2D eigenvalue weighted by Crippen LogP contribution is -2.32. The molecule has 0 aliphatic rings. The molecule has 0 fully saturated rings. The molecule has 0 atom stereocenters. The van der Waals surface area contributed by atoms with Crippen molar-refractivity contribution in [3.05, 3.63) is 64.7 Å². The Morgan fingerprint density at radius 3 is 2.62 bits per heavy atom. The Balaban J connectivity index is 1.85. The van der Waals surface area contributed by atoms with Gasteiger partial charge in [-0.1, -0.05) is 23.9 Å². The van der Waals surface area contributed by atoms with E-state index in [2.05, 4.69) is 4.98 Å². The Morgan fingerprint density at radius 2 is 1.93 bits per heavy atom. The highest BCUT2D eigenvalue weighted by molar-refractivity contribution is 7.99. The summed E-state index contributed by atoms with van der Waals surface area (Å²) in [5.74, 6) is -0.401. The molecule has 0 radical (unpaired) electrons. The second-order valence-corrected chi connectivity index (χ2v) is 7.21. The monoisotopic (exact) mass is 415 g/mol. The summed E-state index contributed by atoms with van der Waals surface area (Å²) in [6.07, 6.45) is 0. The topological polar surface area (TPSA) is 64.4 Å². The minimum absolute atomic E-state index is 0.100.